The summed E-state index contributed by atoms with van der Waals surface area (Å²) in [7, 11) is 0. The van der Waals surface area contributed by atoms with Gasteiger partial charge in [0.2, 0.25) is 0 Å². The molecule has 2 aromatic rings. The summed E-state index contributed by atoms with van der Waals surface area (Å²) >= 11 is 1.54. The summed E-state index contributed by atoms with van der Waals surface area (Å²) in [6, 6.07) is 7.84. The minimum Gasteiger partial charge on any atom is -0.383 e. The zero-order valence-corrected chi connectivity index (χ0v) is 14.4. The van der Waals surface area contributed by atoms with Crippen LogP contribution in [0.4, 0.5) is 0 Å². The lowest BCUT2D eigenvalue weighted by atomic mass is 9.89. The van der Waals surface area contributed by atoms with Gasteiger partial charge in [-0.05, 0) is 37.3 Å². The van der Waals surface area contributed by atoms with Crippen molar-refractivity contribution in [3.8, 4) is 0 Å². The molecule has 1 saturated heterocycles. The number of nitrogens with zero attached hydrogens (tertiary/aromatic N) is 2. The number of aliphatic hydroxyl groups is 1. The van der Waals surface area contributed by atoms with E-state index in [9.17, 15) is 9.90 Å². The van der Waals surface area contributed by atoms with Crippen LogP contribution in [0.1, 0.15) is 46.4 Å². The van der Waals surface area contributed by atoms with Gasteiger partial charge in [-0.25, -0.2) is 4.98 Å². The molecule has 1 N–H and O–H groups in total. The Bertz CT molecular complexity index is 713. The molecule has 122 valence electrons. The maximum Gasteiger partial charge on any atom is 0.273 e. The normalized spacial score (nSPS) is 20.9. The molecule has 0 unspecified atom stereocenters. The largest absolute Gasteiger partial charge is 0.383 e. The van der Waals surface area contributed by atoms with Gasteiger partial charge in [0.25, 0.3) is 5.91 Å². The molecule has 5 heteroatoms. The first-order chi connectivity index (χ1) is 11.0. The van der Waals surface area contributed by atoms with Gasteiger partial charge in [0.15, 0.2) is 0 Å². The van der Waals surface area contributed by atoms with E-state index in [1.54, 1.807) is 4.90 Å². The van der Waals surface area contributed by atoms with Gasteiger partial charge >= 0.3 is 0 Å². The molecule has 1 aliphatic heterocycles. The van der Waals surface area contributed by atoms with Gasteiger partial charge in [0.1, 0.15) is 11.3 Å². The number of aromatic nitrogens is 1. The summed E-state index contributed by atoms with van der Waals surface area (Å²) in [5, 5.41) is 13.8. The second kappa shape index (κ2) is 6.42. The molecule has 1 aromatic carbocycles. The van der Waals surface area contributed by atoms with Gasteiger partial charge in [-0.2, -0.15) is 0 Å². The van der Waals surface area contributed by atoms with Gasteiger partial charge < -0.3 is 10.0 Å². The van der Waals surface area contributed by atoms with Gasteiger partial charge in [-0.3, -0.25) is 4.79 Å². The van der Waals surface area contributed by atoms with Crippen molar-refractivity contribution in [1.82, 2.24) is 9.88 Å². The predicted octanol–water partition coefficient (Wildman–Crippen LogP) is 3.14. The molecule has 3 rings (SSSR count). The third-order valence-electron chi connectivity index (χ3n) is 4.42. The number of likely N-dealkylation sites (tertiary alicyclic amines) is 1. The number of β-amino-alcohol motifs (C(OH)–C–C–N with tert-alkyl or cyclic N) is 1. The average molecular weight is 330 g/mol. The fourth-order valence-electron chi connectivity index (χ4n) is 3.18. The molecule has 1 fully saturated rings. The quantitative estimate of drug-likeness (QED) is 0.937. The monoisotopic (exact) mass is 330 g/mol. The van der Waals surface area contributed by atoms with Crippen LogP contribution in [0.3, 0.4) is 0 Å². The van der Waals surface area contributed by atoms with E-state index in [-0.39, 0.29) is 5.91 Å². The molecule has 23 heavy (non-hydrogen) atoms. The number of amides is 1. The fraction of sp³-hybridized carbons (Fsp3) is 0.444. The lowest BCUT2D eigenvalue weighted by molar-refractivity contribution is 0.0411. The Morgan fingerprint density at radius 1 is 1.43 bits per heavy atom. The zero-order chi connectivity index (χ0) is 16.4. The number of hydrogen-bond acceptors (Lipinski definition) is 4. The smallest absolute Gasteiger partial charge is 0.273 e. The van der Waals surface area contributed by atoms with Crippen molar-refractivity contribution in [3.63, 3.8) is 0 Å². The van der Waals surface area contributed by atoms with E-state index in [1.165, 1.54) is 11.3 Å². The summed E-state index contributed by atoms with van der Waals surface area (Å²) in [5.41, 5.74) is 1.53. The third-order valence-corrected chi connectivity index (χ3v) is 5.32. The molecule has 0 bridgehead atoms. The van der Waals surface area contributed by atoms with E-state index in [2.05, 4.69) is 11.9 Å². The second-order valence-electron chi connectivity index (χ2n) is 6.20. The Balaban J connectivity index is 1.76. The average Bonchev–Trinajstić information content (AvgIpc) is 3.15. The third kappa shape index (κ3) is 3.16. The van der Waals surface area contributed by atoms with Crippen molar-refractivity contribution in [2.45, 2.75) is 38.7 Å². The second-order valence-corrected chi connectivity index (χ2v) is 7.14. The molecule has 0 aliphatic carbocycles. The molecule has 4 nitrogen and oxygen atoms in total. The lowest BCUT2D eigenvalue weighted by Gasteiger charge is -2.25. The Labute approximate surface area is 140 Å². The summed E-state index contributed by atoms with van der Waals surface area (Å²) in [6.07, 6.45) is 2.50. The minimum absolute atomic E-state index is 0.0758. The maximum absolute atomic E-state index is 12.6. The highest BCUT2D eigenvalue weighted by Gasteiger charge is 2.40. The molecular formula is C18H22N2O2S. The van der Waals surface area contributed by atoms with E-state index in [0.717, 1.165) is 29.0 Å². The summed E-state index contributed by atoms with van der Waals surface area (Å²) in [6.45, 7) is 4.99. The van der Waals surface area contributed by atoms with Crippen molar-refractivity contribution in [2.24, 2.45) is 0 Å². The molecule has 1 amide bonds. The molecule has 0 radical (unpaired) electrons. The van der Waals surface area contributed by atoms with Crippen LogP contribution in [0.5, 0.6) is 0 Å². The Morgan fingerprint density at radius 3 is 2.96 bits per heavy atom. The first-order valence-electron chi connectivity index (χ1n) is 8.05. The number of rotatable bonds is 4. The van der Waals surface area contributed by atoms with Gasteiger partial charge in [-0.15, -0.1) is 11.3 Å². The highest BCUT2D eigenvalue weighted by Crippen LogP contribution is 2.34. The molecule has 0 spiro atoms. The van der Waals surface area contributed by atoms with Crippen molar-refractivity contribution < 1.29 is 9.90 Å². The number of carbonyl (C=O) groups is 1. The Morgan fingerprint density at radius 2 is 2.22 bits per heavy atom. The summed E-state index contributed by atoms with van der Waals surface area (Å²) in [5.74, 6) is -0.0758. The molecule has 1 aromatic heterocycles. The van der Waals surface area contributed by atoms with Crippen LogP contribution in [0.2, 0.25) is 0 Å². The van der Waals surface area contributed by atoms with Crippen LogP contribution in [0.15, 0.2) is 29.6 Å². The van der Waals surface area contributed by atoms with Crippen molar-refractivity contribution in [1.29, 1.82) is 0 Å². The van der Waals surface area contributed by atoms with Crippen LogP contribution in [0, 0.1) is 6.92 Å². The van der Waals surface area contributed by atoms with E-state index >= 15 is 0 Å². The fourth-order valence-corrected chi connectivity index (χ4v) is 4.06. The van der Waals surface area contributed by atoms with Crippen molar-refractivity contribution >= 4 is 17.2 Å². The predicted molar refractivity (Wildman–Crippen MR) is 91.7 cm³/mol. The van der Waals surface area contributed by atoms with Gasteiger partial charge in [0.05, 0.1) is 11.6 Å². The molecule has 2 heterocycles. The maximum atomic E-state index is 12.6. The standard InChI is InChI=1S/C18H22N2O2S/c1-3-6-16-19-15(11-23-16)17(21)20-10-9-18(22,12-20)14-8-5-4-7-13(14)2/h4-5,7-8,11,22H,3,6,9-10,12H2,1-2H3/t18-/m1/s1. The van der Waals surface area contributed by atoms with Crippen LogP contribution in [-0.4, -0.2) is 34.0 Å². The van der Waals surface area contributed by atoms with Gasteiger partial charge in [0, 0.05) is 11.9 Å². The number of carbonyl (C=O) groups excluding carboxylic acids is 1. The van der Waals surface area contributed by atoms with E-state index in [0.29, 0.717) is 25.2 Å². The van der Waals surface area contributed by atoms with E-state index in [1.807, 2.05) is 36.6 Å². The number of thiazole rings is 1. The SMILES string of the molecule is CCCc1nc(C(=O)N2CC[C@](O)(c3ccccc3C)C2)cs1. The first-order valence-corrected chi connectivity index (χ1v) is 8.93. The zero-order valence-electron chi connectivity index (χ0n) is 13.6. The molecule has 1 aliphatic rings. The number of aryl methyl sites for hydroxylation is 2. The van der Waals surface area contributed by atoms with Crippen molar-refractivity contribution in [3.05, 3.63) is 51.5 Å². The number of hydrogen-bond donors (Lipinski definition) is 1. The summed E-state index contributed by atoms with van der Waals surface area (Å²) in [4.78, 5) is 18.8. The lowest BCUT2D eigenvalue weighted by Crippen LogP contribution is -2.35. The van der Waals surface area contributed by atoms with Crippen molar-refractivity contribution in [2.75, 3.05) is 13.1 Å². The topological polar surface area (TPSA) is 53.4 Å². The summed E-state index contributed by atoms with van der Waals surface area (Å²) < 4.78 is 0. The van der Waals surface area contributed by atoms with E-state index < -0.39 is 5.60 Å². The molecule has 1 atom stereocenters. The molecular weight excluding hydrogens is 308 g/mol. The van der Waals surface area contributed by atoms with Crippen LogP contribution in [0.25, 0.3) is 0 Å². The molecule has 0 saturated carbocycles. The highest BCUT2D eigenvalue weighted by molar-refractivity contribution is 7.09. The van der Waals surface area contributed by atoms with Crippen LogP contribution in [-0.2, 0) is 12.0 Å². The highest BCUT2D eigenvalue weighted by atomic mass is 32.1. The minimum atomic E-state index is -0.955. The van der Waals surface area contributed by atoms with Crippen LogP contribution >= 0.6 is 11.3 Å². The Hall–Kier alpha value is -1.72. The van der Waals surface area contributed by atoms with E-state index in [4.69, 9.17) is 0 Å². The first kappa shape index (κ1) is 16.1. The Kier molecular flexibility index (Phi) is 4.50. The van der Waals surface area contributed by atoms with Crippen LogP contribution < -0.4 is 0 Å². The number of benzene rings is 1. The van der Waals surface area contributed by atoms with Gasteiger partial charge in [-0.1, -0.05) is 31.2 Å².